The Morgan fingerprint density at radius 1 is 1.16 bits per heavy atom. The Hall–Kier alpha value is -1.64. The molecule has 0 aliphatic heterocycles. The van der Waals surface area contributed by atoms with Gasteiger partial charge in [-0.2, -0.15) is 5.10 Å². The van der Waals surface area contributed by atoms with Crippen LogP contribution in [-0.4, -0.2) is 22.8 Å². The van der Waals surface area contributed by atoms with Crippen LogP contribution in [0.15, 0.2) is 29.3 Å². The summed E-state index contributed by atoms with van der Waals surface area (Å²) in [6.45, 7) is 5.28. The van der Waals surface area contributed by atoms with Crippen LogP contribution in [0.3, 0.4) is 0 Å². The third kappa shape index (κ3) is 5.42. The van der Waals surface area contributed by atoms with E-state index in [4.69, 9.17) is 0 Å². The number of benzene rings is 1. The van der Waals surface area contributed by atoms with Gasteiger partial charge in [0.15, 0.2) is 5.96 Å². The van der Waals surface area contributed by atoms with E-state index in [0.717, 1.165) is 18.5 Å². The van der Waals surface area contributed by atoms with Crippen molar-refractivity contribution in [1.82, 2.24) is 20.4 Å². The van der Waals surface area contributed by atoms with Crippen molar-refractivity contribution in [3.63, 3.8) is 0 Å². The van der Waals surface area contributed by atoms with Gasteiger partial charge in [-0.1, -0.05) is 32.0 Å². The van der Waals surface area contributed by atoms with E-state index in [1.165, 1.54) is 17.3 Å². The number of aryl methyl sites for hydroxylation is 2. The van der Waals surface area contributed by atoms with Crippen LogP contribution in [0.1, 0.15) is 36.4 Å². The molecule has 1 aromatic heterocycles. The molecule has 2 aromatic rings. The smallest absolute Gasteiger partial charge is 0.191 e. The number of rotatable bonds is 6. The quantitative estimate of drug-likeness (QED) is 0.397. The number of aliphatic imine (C=N–C) groups is 1. The molecule has 0 saturated carbocycles. The topological polar surface area (TPSA) is 54.2 Å². The normalized spacial score (nSPS) is 11.2. The lowest BCUT2D eigenvalue weighted by atomic mass is 10.1. The summed E-state index contributed by atoms with van der Waals surface area (Å²) in [7, 11) is 3.69. The van der Waals surface area contributed by atoms with Gasteiger partial charge in [0.25, 0.3) is 0 Å². The molecule has 138 valence electrons. The number of hydrogen-bond donors (Lipinski definition) is 2. The van der Waals surface area contributed by atoms with E-state index in [-0.39, 0.29) is 29.8 Å². The van der Waals surface area contributed by atoms with Gasteiger partial charge in [-0.05, 0) is 18.9 Å². The second-order valence-electron chi connectivity index (χ2n) is 5.57. The Bertz CT molecular complexity index is 711. The zero-order valence-electron chi connectivity index (χ0n) is 15.3. The van der Waals surface area contributed by atoms with E-state index in [1.807, 2.05) is 17.8 Å². The summed E-state index contributed by atoms with van der Waals surface area (Å²) in [5, 5.41) is 11.0. The second kappa shape index (κ2) is 10.4. The fraction of sp³-hybridized carbons (Fsp3) is 0.444. The van der Waals surface area contributed by atoms with Crippen molar-refractivity contribution >= 4 is 29.9 Å². The predicted octanol–water partition coefficient (Wildman–Crippen LogP) is 3.17. The van der Waals surface area contributed by atoms with Crippen molar-refractivity contribution in [3.05, 3.63) is 52.6 Å². The lowest BCUT2D eigenvalue weighted by Gasteiger charge is -2.13. The van der Waals surface area contributed by atoms with E-state index in [1.54, 1.807) is 19.2 Å². The van der Waals surface area contributed by atoms with Crippen molar-refractivity contribution < 1.29 is 4.39 Å². The van der Waals surface area contributed by atoms with Crippen LogP contribution in [0, 0.1) is 5.82 Å². The van der Waals surface area contributed by atoms with Crippen LogP contribution >= 0.6 is 24.0 Å². The van der Waals surface area contributed by atoms with E-state index in [9.17, 15) is 4.39 Å². The highest BCUT2D eigenvalue weighted by atomic mass is 127. The number of aromatic nitrogens is 2. The summed E-state index contributed by atoms with van der Waals surface area (Å²) in [5.74, 6) is 0.431. The molecule has 0 aliphatic rings. The van der Waals surface area contributed by atoms with Crippen molar-refractivity contribution in [2.75, 3.05) is 7.05 Å². The maximum absolute atomic E-state index is 13.7. The average Bonchev–Trinajstić information content (AvgIpc) is 2.91. The first-order valence-corrected chi connectivity index (χ1v) is 8.32. The SMILES string of the molecule is CCc1nn(C)c(CC)c1CNC(=NC)NCc1ccccc1F.I. The fourth-order valence-corrected chi connectivity index (χ4v) is 2.81. The number of nitrogens with one attached hydrogen (secondary N) is 2. The maximum atomic E-state index is 13.7. The van der Waals surface area contributed by atoms with Crippen LogP contribution in [0.4, 0.5) is 4.39 Å². The minimum Gasteiger partial charge on any atom is -0.352 e. The Kier molecular flexibility index (Phi) is 8.88. The van der Waals surface area contributed by atoms with Gasteiger partial charge < -0.3 is 10.6 Å². The maximum Gasteiger partial charge on any atom is 0.191 e. The van der Waals surface area contributed by atoms with Gasteiger partial charge in [0, 0.05) is 44.0 Å². The van der Waals surface area contributed by atoms with Crippen molar-refractivity contribution in [2.24, 2.45) is 12.0 Å². The molecule has 25 heavy (non-hydrogen) atoms. The monoisotopic (exact) mass is 459 g/mol. The largest absolute Gasteiger partial charge is 0.352 e. The molecule has 0 aliphatic carbocycles. The first kappa shape index (κ1) is 21.4. The molecule has 1 aromatic carbocycles. The molecule has 2 N–H and O–H groups in total. The summed E-state index contributed by atoms with van der Waals surface area (Å²) in [5.41, 5.74) is 4.16. The van der Waals surface area contributed by atoms with Gasteiger partial charge in [-0.3, -0.25) is 9.67 Å². The molecule has 0 saturated heterocycles. The molecule has 0 radical (unpaired) electrons. The van der Waals surface area contributed by atoms with Gasteiger partial charge in [0.2, 0.25) is 0 Å². The molecule has 0 bridgehead atoms. The minimum absolute atomic E-state index is 0. The molecular weight excluding hydrogens is 432 g/mol. The van der Waals surface area contributed by atoms with Crippen LogP contribution < -0.4 is 10.6 Å². The third-order valence-corrected chi connectivity index (χ3v) is 4.09. The highest BCUT2D eigenvalue weighted by Gasteiger charge is 2.13. The van der Waals surface area contributed by atoms with Crippen molar-refractivity contribution in [1.29, 1.82) is 0 Å². The Morgan fingerprint density at radius 3 is 2.44 bits per heavy atom. The van der Waals surface area contributed by atoms with Gasteiger partial charge in [-0.15, -0.1) is 24.0 Å². The fourth-order valence-electron chi connectivity index (χ4n) is 2.81. The van der Waals surface area contributed by atoms with Gasteiger partial charge in [-0.25, -0.2) is 4.39 Å². The van der Waals surface area contributed by atoms with Crippen LogP contribution in [0.25, 0.3) is 0 Å². The molecule has 2 rings (SSSR count). The molecular formula is C18H27FIN5. The van der Waals surface area contributed by atoms with Crippen molar-refractivity contribution in [3.8, 4) is 0 Å². The number of hydrogen-bond acceptors (Lipinski definition) is 2. The molecule has 0 spiro atoms. The zero-order chi connectivity index (χ0) is 17.5. The van der Waals surface area contributed by atoms with Crippen LogP contribution in [-0.2, 0) is 33.0 Å². The van der Waals surface area contributed by atoms with E-state index >= 15 is 0 Å². The first-order valence-electron chi connectivity index (χ1n) is 8.32. The minimum atomic E-state index is -0.214. The van der Waals surface area contributed by atoms with Gasteiger partial charge >= 0.3 is 0 Å². The predicted molar refractivity (Wildman–Crippen MR) is 111 cm³/mol. The molecule has 5 nitrogen and oxygen atoms in total. The lowest BCUT2D eigenvalue weighted by Crippen LogP contribution is -2.36. The van der Waals surface area contributed by atoms with Gasteiger partial charge in [0.1, 0.15) is 5.82 Å². The summed E-state index contributed by atoms with van der Waals surface area (Å²) >= 11 is 0. The standard InChI is InChI=1S/C18H26FN5.HI/c1-5-16-14(17(6-2)24(4)23-16)12-22-18(20-3)21-11-13-9-7-8-10-15(13)19;/h7-10H,5-6,11-12H2,1-4H3,(H2,20,21,22);1H. The summed E-state index contributed by atoms with van der Waals surface area (Å²) in [6.07, 6.45) is 1.83. The zero-order valence-corrected chi connectivity index (χ0v) is 17.6. The number of guanidine groups is 1. The van der Waals surface area contributed by atoms with E-state index < -0.39 is 0 Å². The molecule has 0 fully saturated rings. The number of halogens is 2. The Morgan fingerprint density at radius 2 is 1.84 bits per heavy atom. The Balaban J connectivity index is 0.00000312. The van der Waals surface area contributed by atoms with Crippen LogP contribution in [0.2, 0.25) is 0 Å². The molecule has 0 amide bonds. The Labute approximate surface area is 166 Å². The highest BCUT2D eigenvalue weighted by molar-refractivity contribution is 14.0. The summed E-state index contributed by atoms with van der Waals surface area (Å²) < 4.78 is 15.6. The summed E-state index contributed by atoms with van der Waals surface area (Å²) in [6, 6.07) is 6.74. The second-order valence-corrected chi connectivity index (χ2v) is 5.57. The highest BCUT2D eigenvalue weighted by Crippen LogP contribution is 2.15. The third-order valence-electron chi connectivity index (χ3n) is 4.09. The number of nitrogens with zero attached hydrogens (tertiary/aromatic N) is 3. The summed E-state index contributed by atoms with van der Waals surface area (Å²) in [4.78, 5) is 4.21. The lowest BCUT2D eigenvalue weighted by molar-refractivity contribution is 0.604. The average molecular weight is 459 g/mol. The van der Waals surface area contributed by atoms with Crippen LogP contribution in [0.5, 0.6) is 0 Å². The molecule has 0 atom stereocenters. The van der Waals surface area contributed by atoms with E-state index in [0.29, 0.717) is 24.6 Å². The van der Waals surface area contributed by atoms with Gasteiger partial charge in [0.05, 0.1) is 5.69 Å². The molecule has 7 heteroatoms. The van der Waals surface area contributed by atoms with E-state index in [2.05, 4.69) is 34.6 Å². The van der Waals surface area contributed by atoms with Crippen molar-refractivity contribution in [2.45, 2.75) is 39.8 Å². The first-order chi connectivity index (χ1) is 11.6. The molecule has 1 heterocycles. The molecule has 0 unspecified atom stereocenters.